The molecule has 6 nitrogen and oxygen atoms in total. The molecule has 7 heteroatoms. The molecule has 0 spiro atoms. The number of nitrogens with one attached hydrogen (secondary N) is 1. The quantitative estimate of drug-likeness (QED) is 0.753. The smallest absolute Gasteiger partial charge is 0.210 e. The van der Waals surface area contributed by atoms with Crippen LogP contribution in [0.3, 0.4) is 0 Å². The van der Waals surface area contributed by atoms with E-state index in [1.807, 2.05) is 18.2 Å². The first-order valence-electron chi connectivity index (χ1n) is 5.09. The summed E-state index contributed by atoms with van der Waals surface area (Å²) in [6, 6.07) is 8.78. The van der Waals surface area contributed by atoms with Gasteiger partial charge in [-0.1, -0.05) is 11.2 Å². The molecule has 2 heterocycles. The number of phenols is 1. The monoisotopic (exact) mass is 325 g/mol. The average molecular weight is 326 g/mol. The van der Waals surface area contributed by atoms with E-state index in [0.29, 0.717) is 11.4 Å². The third-order valence-electron chi connectivity index (χ3n) is 2.42. The van der Waals surface area contributed by atoms with Gasteiger partial charge in [0, 0.05) is 18.1 Å². The molecule has 4 N–H and O–H groups in total. The van der Waals surface area contributed by atoms with E-state index in [4.69, 9.17) is 4.52 Å². The van der Waals surface area contributed by atoms with Crippen LogP contribution in [0.4, 0.5) is 11.5 Å². The topological polar surface area (TPSA) is 103 Å². The molecule has 0 atom stereocenters. The number of rotatable bonds is 2. The highest BCUT2D eigenvalue weighted by Crippen LogP contribution is 2.30. The van der Waals surface area contributed by atoms with E-state index in [-0.39, 0.29) is 28.2 Å². The Morgan fingerprint density at radius 3 is 2.58 bits per heavy atom. The van der Waals surface area contributed by atoms with Crippen molar-refractivity contribution in [1.29, 1.82) is 0 Å². The number of nitrogens with zero attached hydrogens (tertiary/aromatic N) is 2. The van der Waals surface area contributed by atoms with Crippen molar-refractivity contribution < 1.29 is 15.1 Å². The fourth-order valence-electron chi connectivity index (χ4n) is 1.61. The summed E-state index contributed by atoms with van der Waals surface area (Å²) >= 11 is 0. The molecule has 1 aromatic carbocycles. The van der Waals surface area contributed by atoms with Gasteiger partial charge in [0.25, 0.3) is 0 Å². The Bertz CT molecular complexity index is 658. The van der Waals surface area contributed by atoms with Crippen LogP contribution in [0.5, 0.6) is 5.75 Å². The predicted molar refractivity (Wildman–Crippen MR) is 77.1 cm³/mol. The molecule has 0 fully saturated rings. The molecular weight excluding hydrogens is 314 g/mol. The molecule has 3 rings (SSSR count). The van der Waals surface area contributed by atoms with Crippen LogP contribution in [0.25, 0.3) is 11.0 Å². The second kappa shape index (κ2) is 6.17. The van der Waals surface area contributed by atoms with Crippen molar-refractivity contribution in [2.75, 3.05) is 5.32 Å². The maximum atomic E-state index is 9.58. The van der Waals surface area contributed by atoms with E-state index in [1.54, 1.807) is 24.5 Å². The third-order valence-corrected chi connectivity index (χ3v) is 2.42. The Morgan fingerprint density at radius 1 is 1.11 bits per heavy atom. The predicted octanol–water partition coefficient (Wildman–Crippen LogP) is 2.43. The van der Waals surface area contributed by atoms with Crippen molar-refractivity contribution in [1.82, 2.24) is 10.1 Å². The van der Waals surface area contributed by atoms with Crippen molar-refractivity contribution in [2.24, 2.45) is 0 Å². The molecule has 0 saturated heterocycles. The van der Waals surface area contributed by atoms with Gasteiger partial charge in [0.05, 0.1) is 5.39 Å². The van der Waals surface area contributed by atoms with Gasteiger partial charge in [-0.25, -0.2) is 0 Å². The number of aromatic nitrogens is 2. The first kappa shape index (κ1) is 14.9. The third kappa shape index (κ3) is 2.83. The Labute approximate surface area is 119 Å². The minimum absolute atomic E-state index is 0. The molecule has 0 bridgehead atoms. The van der Waals surface area contributed by atoms with E-state index >= 15 is 0 Å². The molecule has 100 valence electrons. The Balaban J connectivity index is 0.000000902. The van der Waals surface area contributed by atoms with Crippen LogP contribution in [0, 0.1) is 0 Å². The Kier molecular flexibility index (Phi) is 4.85. The van der Waals surface area contributed by atoms with Crippen molar-refractivity contribution in [3.63, 3.8) is 0 Å². The lowest BCUT2D eigenvalue weighted by Gasteiger charge is -2.01. The molecule has 0 amide bonds. The molecule has 0 aliphatic carbocycles. The first-order chi connectivity index (χ1) is 8.34. The summed E-state index contributed by atoms with van der Waals surface area (Å²) in [5.74, 6) is 0.653. The fourth-order valence-corrected chi connectivity index (χ4v) is 1.61. The second-order valence-electron chi connectivity index (χ2n) is 3.55. The Morgan fingerprint density at radius 2 is 1.84 bits per heavy atom. The highest BCUT2D eigenvalue weighted by Gasteiger charge is 2.10. The van der Waals surface area contributed by atoms with Crippen molar-refractivity contribution >= 4 is 39.5 Å². The molecule has 0 aliphatic heterocycles. The van der Waals surface area contributed by atoms with Crippen molar-refractivity contribution in [3.8, 4) is 5.75 Å². The summed E-state index contributed by atoms with van der Waals surface area (Å²) < 4.78 is 5.07. The number of benzene rings is 1. The zero-order valence-electron chi connectivity index (χ0n) is 9.70. The zero-order chi connectivity index (χ0) is 11.7. The van der Waals surface area contributed by atoms with Gasteiger partial charge in [-0.05, 0) is 24.3 Å². The van der Waals surface area contributed by atoms with Crippen LogP contribution < -0.4 is 5.32 Å². The molecule has 19 heavy (non-hydrogen) atoms. The SMILES string of the molecule is Br.O.Oc1cccc2c(Nc3ccncc3)noc12. The summed E-state index contributed by atoms with van der Waals surface area (Å²) in [5, 5.41) is 17.3. The fraction of sp³-hybridized carbons (Fsp3) is 0. The second-order valence-corrected chi connectivity index (χ2v) is 3.55. The standard InChI is InChI=1S/C12H9N3O2.BrH.H2O/c16-10-3-1-2-9-11(10)17-15-12(9)14-8-4-6-13-7-5-8;;/h1-7,16H,(H,13,14,15);1H;1H2. The van der Waals surface area contributed by atoms with Crippen LogP contribution in [0.15, 0.2) is 47.2 Å². The lowest BCUT2D eigenvalue weighted by molar-refractivity contribution is 0.424. The number of para-hydroxylation sites is 1. The molecule has 0 unspecified atom stereocenters. The summed E-state index contributed by atoms with van der Waals surface area (Å²) in [4.78, 5) is 3.93. The number of aromatic hydroxyl groups is 1. The lowest BCUT2D eigenvalue weighted by atomic mass is 10.2. The van der Waals surface area contributed by atoms with Gasteiger partial charge in [-0.2, -0.15) is 0 Å². The minimum Gasteiger partial charge on any atom is -0.504 e. The molecule has 2 aromatic heterocycles. The van der Waals surface area contributed by atoms with Crippen LogP contribution in [0.1, 0.15) is 0 Å². The summed E-state index contributed by atoms with van der Waals surface area (Å²) in [6.45, 7) is 0. The van der Waals surface area contributed by atoms with Gasteiger partial charge < -0.3 is 20.4 Å². The van der Waals surface area contributed by atoms with E-state index in [2.05, 4.69) is 15.5 Å². The van der Waals surface area contributed by atoms with Crippen LogP contribution in [-0.2, 0) is 0 Å². The number of halogens is 1. The highest BCUT2D eigenvalue weighted by atomic mass is 79.9. The lowest BCUT2D eigenvalue weighted by Crippen LogP contribution is -1.90. The number of pyridine rings is 1. The van der Waals surface area contributed by atoms with Gasteiger partial charge in [0.15, 0.2) is 11.6 Å². The van der Waals surface area contributed by atoms with Gasteiger partial charge in [0.2, 0.25) is 5.58 Å². The normalized spacial score (nSPS) is 9.47. The van der Waals surface area contributed by atoms with Crippen molar-refractivity contribution in [2.45, 2.75) is 0 Å². The highest BCUT2D eigenvalue weighted by molar-refractivity contribution is 8.93. The zero-order valence-corrected chi connectivity index (χ0v) is 11.4. The maximum Gasteiger partial charge on any atom is 0.210 e. The number of hydrogen-bond acceptors (Lipinski definition) is 5. The van der Waals surface area contributed by atoms with Crippen LogP contribution in [-0.4, -0.2) is 20.7 Å². The van der Waals surface area contributed by atoms with E-state index < -0.39 is 0 Å². The summed E-state index contributed by atoms with van der Waals surface area (Å²) in [6.07, 6.45) is 3.37. The summed E-state index contributed by atoms with van der Waals surface area (Å²) in [5.41, 5.74) is 1.24. The number of phenolic OH excluding ortho intramolecular Hbond substituents is 1. The van der Waals surface area contributed by atoms with Crippen LogP contribution >= 0.6 is 17.0 Å². The number of anilines is 2. The maximum absolute atomic E-state index is 9.58. The van der Waals surface area contributed by atoms with E-state index in [1.165, 1.54) is 0 Å². The number of fused-ring (bicyclic) bond motifs is 1. The van der Waals surface area contributed by atoms with Gasteiger partial charge in [-0.3, -0.25) is 4.98 Å². The largest absolute Gasteiger partial charge is 0.504 e. The first-order valence-corrected chi connectivity index (χ1v) is 5.09. The molecule has 3 aromatic rings. The molecule has 0 saturated carbocycles. The van der Waals surface area contributed by atoms with Crippen LogP contribution in [0.2, 0.25) is 0 Å². The van der Waals surface area contributed by atoms with Gasteiger partial charge in [0.1, 0.15) is 0 Å². The molecular formula is C12H12BrN3O3. The average Bonchev–Trinajstić information content (AvgIpc) is 2.76. The molecule has 0 aliphatic rings. The van der Waals surface area contributed by atoms with Crippen molar-refractivity contribution in [3.05, 3.63) is 42.7 Å². The van der Waals surface area contributed by atoms with Gasteiger partial charge in [-0.15, -0.1) is 17.0 Å². The van der Waals surface area contributed by atoms with Gasteiger partial charge >= 0.3 is 0 Å². The summed E-state index contributed by atoms with van der Waals surface area (Å²) in [7, 11) is 0. The minimum atomic E-state index is 0. The number of hydrogen-bond donors (Lipinski definition) is 2. The Hall–Kier alpha value is -2.12. The van der Waals surface area contributed by atoms with E-state index in [9.17, 15) is 5.11 Å². The molecule has 0 radical (unpaired) electrons. The van der Waals surface area contributed by atoms with E-state index in [0.717, 1.165) is 11.1 Å².